The molecule has 4 saturated carbocycles. The molecular formula is C21H36O9S2. The number of allylic oxidation sites excluding steroid dienone is 1. The molecule has 11 heteroatoms. The fourth-order valence-electron chi connectivity index (χ4n) is 7.90. The third-order valence-electron chi connectivity index (χ3n) is 9.18. The van der Waals surface area contributed by atoms with E-state index in [0.29, 0.717) is 16.7 Å². The SMILES string of the molecule is C[C@]12CC[C@H]3[C@@H](CCC4CCCC[C@@]43C)[C@@H]1CC[C@@H]2C=C(O)O.O=S(=O)(O)OS(=O)(=O)O. The van der Waals surface area contributed by atoms with Crippen LogP contribution in [0, 0.1) is 40.4 Å². The molecule has 1 unspecified atom stereocenters. The Morgan fingerprint density at radius 3 is 2.00 bits per heavy atom. The maximum Gasteiger partial charge on any atom is 0.413 e. The fraction of sp³-hybridized carbons (Fsp3) is 0.905. The lowest BCUT2D eigenvalue weighted by molar-refractivity contribution is -0.108. The van der Waals surface area contributed by atoms with Gasteiger partial charge in [-0.15, -0.1) is 3.63 Å². The highest BCUT2D eigenvalue weighted by atomic mass is 32.3. The summed E-state index contributed by atoms with van der Waals surface area (Å²) >= 11 is 0. The van der Waals surface area contributed by atoms with E-state index in [2.05, 4.69) is 17.5 Å². The number of hydrogen-bond donors (Lipinski definition) is 4. The molecule has 4 N–H and O–H groups in total. The first-order valence-corrected chi connectivity index (χ1v) is 14.1. The lowest BCUT2D eigenvalue weighted by Crippen LogP contribution is -2.52. The molecule has 0 spiro atoms. The van der Waals surface area contributed by atoms with Crippen molar-refractivity contribution in [3.8, 4) is 0 Å². The van der Waals surface area contributed by atoms with Crippen LogP contribution in [0.25, 0.3) is 0 Å². The molecule has 0 amide bonds. The van der Waals surface area contributed by atoms with E-state index in [9.17, 15) is 27.0 Å². The number of fused-ring (bicyclic) bond motifs is 5. The van der Waals surface area contributed by atoms with Gasteiger partial charge in [0.15, 0.2) is 0 Å². The van der Waals surface area contributed by atoms with Crippen LogP contribution in [0.1, 0.15) is 78.1 Å². The van der Waals surface area contributed by atoms with Gasteiger partial charge in [-0.3, -0.25) is 9.11 Å². The van der Waals surface area contributed by atoms with Crippen molar-refractivity contribution in [2.24, 2.45) is 40.4 Å². The van der Waals surface area contributed by atoms with E-state index >= 15 is 0 Å². The van der Waals surface area contributed by atoms with Crippen molar-refractivity contribution in [2.45, 2.75) is 78.1 Å². The van der Waals surface area contributed by atoms with Gasteiger partial charge in [-0.1, -0.05) is 26.7 Å². The summed E-state index contributed by atoms with van der Waals surface area (Å²) < 4.78 is 55.6. The lowest BCUT2D eigenvalue weighted by Gasteiger charge is -2.60. The Labute approximate surface area is 191 Å². The van der Waals surface area contributed by atoms with E-state index in [0.717, 1.165) is 30.1 Å². The molecule has 186 valence electrons. The Morgan fingerprint density at radius 2 is 1.44 bits per heavy atom. The number of aliphatic hydroxyl groups is 2. The first kappa shape index (κ1) is 25.7. The molecule has 4 aliphatic rings. The topological polar surface area (TPSA) is 158 Å². The number of rotatable bonds is 3. The van der Waals surface area contributed by atoms with Gasteiger partial charge in [0.05, 0.1) is 0 Å². The van der Waals surface area contributed by atoms with Crippen LogP contribution in [0.2, 0.25) is 0 Å². The summed E-state index contributed by atoms with van der Waals surface area (Å²) in [5.74, 6) is 3.54. The van der Waals surface area contributed by atoms with E-state index < -0.39 is 26.7 Å². The normalized spacial score (nSPS) is 41.3. The van der Waals surface area contributed by atoms with Crippen molar-refractivity contribution in [2.75, 3.05) is 0 Å². The van der Waals surface area contributed by atoms with E-state index in [1.807, 2.05) is 0 Å². The van der Waals surface area contributed by atoms with E-state index in [-0.39, 0.29) is 0 Å². The second-order valence-corrected chi connectivity index (χ2v) is 12.8. The summed E-state index contributed by atoms with van der Waals surface area (Å²) in [7, 11) is -10.2. The monoisotopic (exact) mass is 496 g/mol. The van der Waals surface area contributed by atoms with Gasteiger partial charge in [0, 0.05) is 0 Å². The Hall–Kier alpha value is -0.880. The van der Waals surface area contributed by atoms with Crippen LogP contribution < -0.4 is 0 Å². The first-order chi connectivity index (χ1) is 14.7. The zero-order chi connectivity index (χ0) is 23.9. The molecule has 0 aromatic rings. The molecule has 4 aliphatic carbocycles. The summed E-state index contributed by atoms with van der Waals surface area (Å²) in [6.07, 6.45) is 15.6. The van der Waals surface area contributed by atoms with Crippen molar-refractivity contribution >= 4 is 20.8 Å². The average Bonchev–Trinajstić information content (AvgIpc) is 2.94. The van der Waals surface area contributed by atoms with Crippen LogP contribution >= 0.6 is 0 Å². The van der Waals surface area contributed by atoms with Gasteiger partial charge in [0.2, 0.25) is 0 Å². The summed E-state index contributed by atoms with van der Waals surface area (Å²) in [4.78, 5) is 0. The van der Waals surface area contributed by atoms with Crippen LogP contribution in [0.3, 0.4) is 0 Å². The van der Waals surface area contributed by atoms with Crippen LogP contribution in [-0.4, -0.2) is 36.2 Å². The zero-order valence-corrected chi connectivity index (χ0v) is 20.3. The standard InChI is InChI=1S/C21H34O2.H2O7S2/c1-20-11-4-3-5-14(20)6-8-16-17-9-7-15(13-19(22)23)21(17,2)12-10-18(16)20;1-8(2,3)7-9(4,5)6/h13-18,22-23H,3-12H2,1-2H3;(H,1,2,3)(H,4,5,6)/t14?,15-,16+,17+,18+,20+,21-;/m1./s1. The molecule has 0 bridgehead atoms. The van der Waals surface area contributed by atoms with Crippen LogP contribution in [0.5, 0.6) is 0 Å². The van der Waals surface area contributed by atoms with E-state index in [4.69, 9.17) is 9.11 Å². The minimum absolute atomic E-state index is 0.301. The third-order valence-corrected chi connectivity index (χ3v) is 10.6. The molecule has 0 aromatic carbocycles. The zero-order valence-electron chi connectivity index (χ0n) is 18.7. The molecule has 0 aliphatic heterocycles. The highest BCUT2D eigenvalue weighted by molar-refractivity contribution is 7.94. The molecule has 32 heavy (non-hydrogen) atoms. The lowest BCUT2D eigenvalue weighted by atomic mass is 9.45. The maximum absolute atomic E-state index is 9.44. The molecular weight excluding hydrogens is 460 g/mol. The average molecular weight is 497 g/mol. The highest BCUT2D eigenvalue weighted by Gasteiger charge is 2.59. The Morgan fingerprint density at radius 1 is 0.812 bits per heavy atom. The van der Waals surface area contributed by atoms with Crippen molar-refractivity contribution in [3.05, 3.63) is 12.0 Å². The summed E-state index contributed by atoms with van der Waals surface area (Å²) in [5, 5.41) is 18.7. The quantitative estimate of drug-likeness (QED) is 0.323. The number of hydrogen-bond acceptors (Lipinski definition) is 7. The van der Waals surface area contributed by atoms with Crippen LogP contribution in [0.15, 0.2) is 12.0 Å². The predicted octanol–water partition coefficient (Wildman–Crippen LogP) is 4.60. The van der Waals surface area contributed by atoms with Gasteiger partial charge in [-0.05, 0) is 97.9 Å². The first-order valence-electron chi connectivity index (χ1n) is 11.4. The fourth-order valence-corrected chi connectivity index (χ4v) is 8.77. The second-order valence-electron chi connectivity index (χ2n) is 10.6. The maximum atomic E-state index is 9.44. The van der Waals surface area contributed by atoms with Gasteiger partial charge in [-0.25, -0.2) is 0 Å². The Balaban J connectivity index is 0.000000275. The van der Waals surface area contributed by atoms with E-state index in [1.165, 1.54) is 57.8 Å². The Bertz CT molecular complexity index is 895. The minimum atomic E-state index is -5.12. The van der Waals surface area contributed by atoms with Gasteiger partial charge in [-0.2, -0.15) is 16.8 Å². The van der Waals surface area contributed by atoms with E-state index in [1.54, 1.807) is 6.08 Å². The molecule has 7 atom stereocenters. The van der Waals surface area contributed by atoms with Crippen molar-refractivity contribution in [1.29, 1.82) is 0 Å². The second kappa shape index (κ2) is 9.05. The minimum Gasteiger partial charge on any atom is -0.481 e. The summed E-state index contributed by atoms with van der Waals surface area (Å²) in [6.45, 7) is 5.07. The largest absolute Gasteiger partial charge is 0.481 e. The van der Waals surface area contributed by atoms with Gasteiger partial charge in [0.25, 0.3) is 5.95 Å². The van der Waals surface area contributed by atoms with Crippen molar-refractivity contribution < 1.29 is 39.8 Å². The van der Waals surface area contributed by atoms with Crippen LogP contribution in [0.4, 0.5) is 0 Å². The molecule has 9 nitrogen and oxygen atoms in total. The summed E-state index contributed by atoms with van der Waals surface area (Å²) in [5.41, 5.74) is 0.908. The van der Waals surface area contributed by atoms with Crippen LogP contribution in [-0.2, 0) is 24.4 Å². The molecule has 0 heterocycles. The molecule has 0 saturated heterocycles. The third kappa shape index (κ3) is 5.43. The van der Waals surface area contributed by atoms with Gasteiger partial charge < -0.3 is 10.2 Å². The van der Waals surface area contributed by atoms with Crippen molar-refractivity contribution in [3.63, 3.8) is 0 Å². The predicted molar refractivity (Wildman–Crippen MR) is 117 cm³/mol. The van der Waals surface area contributed by atoms with Crippen molar-refractivity contribution in [1.82, 2.24) is 0 Å². The molecule has 0 radical (unpaired) electrons. The Kier molecular flexibility index (Phi) is 7.28. The number of aliphatic hydroxyl groups excluding tert-OH is 1. The smallest absolute Gasteiger partial charge is 0.413 e. The summed E-state index contributed by atoms with van der Waals surface area (Å²) in [6, 6.07) is 0. The molecule has 4 rings (SSSR count). The van der Waals surface area contributed by atoms with Gasteiger partial charge >= 0.3 is 20.8 Å². The molecule has 0 aromatic heterocycles. The molecule has 4 fully saturated rings. The highest BCUT2D eigenvalue weighted by Crippen LogP contribution is 2.67. The van der Waals surface area contributed by atoms with Gasteiger partial charge in [0.1, 0.15) is 0 Å².